The van der Waals surface area contributed by atoms with E-state index in [0.717, 1.165) is 5.75 Å². The predicted molar refractivity (Wildman–Crippen MR) is 93.6 cm³/mol. The van der Waals surface area contributed by atoms with Gasteiger partial charge < -0.3 is 4.89 Å². The zero-order valence-electron chi connectivity index (χ0n) is 14.1. The molecule has 0 aromatic heterocycles. The van der Waals surface area contributed by atoms with Gasteiger partial charge in [-0.1, -0.05) is 47.5 Å². The summed E-state index contributed by atoms with van der Waals surface area (Å²) in [7, 11) is 0. The Balaban J connectivity index is 1.40. The molecule has 1 aliphatic carbocycles. The Morgan fingerprint density at radius 1 is 0.783 bits per heavy atom. The second-order valence-corrected chi connectivity index (χ2v) is 6.81. The van der Waals surface area contributed by atoms with Gasteiger partial charge in [0.05, 0.1) is 6.61 Å². The Morgan fingerprint density at radius 3 is 1.96 bits per heavy atom. The quantitative estimate of drug-likeness (QED) is 0.529. The van der Waals surface area contributed by atoms with E-state index in [1.807, 2.05) is 24.3 Å². The summed E-state index contributed by atoms with van der Waals surface area (Å²) in [5.41, 5.74) is 4.06. The van der Waals surface area contributed by atoms with Gasteiger partial charge in [0.15, 0.2) is 5.75 Å². The molecular formula is C21H26O2. The van der Waals surface area contributed by atoms with E-state index >= 15 is 0 Å². The minimum absolute atomic E-state index is 0.613. The average Bonchev–Trinajstić information content (AvgIpc) is 2.58. The van der Waals surface area contributed by atoms with Gasteiger partial charge in [-0.3, -0.25) is 0 Å². The lowest BCUT2D eigenvalue weighted by atomic mass is 9.79. The van der Waals surface area contributed by atoms with E-state index in [1.165, 1.54) is 42.4 Å². The molecule has 122 valence electrons. The fourth-order valence-corrected chi connectivity index (χ4v) is 3.29. The summed E-state index contributed by atoms with van der Waals surface area (Å²) >= 11 is 0. The molecule has 3 rings (SSSR count). The highest BCUT2D eigenvalue weighted by molar-refractivity contribution is 5.26. The van der Waals surface area contributed by atoms with Crippen LogP contribution in [-0.2, 0) is 4.89 Å². The van der Waals surface area contributed by atoms with E-state index in [9.17, 15) is 0 Å². The van der Waals surface area contributed by atoms with Gasteiger partial charge in [0, 0.05) is 0 Å². The van der Waals surface area contributed by atoms with Crippen LogP contribution in [0.4, 0.5) is 0 Å². The molecule has 0 radical (unpaired) electrons. The van der Waals surface area contributed by atoms with Crippen LogP contribution in [0.1, 0.15) is 48.3 Å². The van der Waals surface area contributed by atoms with Crippen molar-refractivity contribution in [1.82, 2.24) is 0 Å². The highest BCUT2D eigenvalue weighted by Crippen LogP contribution is 2.35. The van der Waals surface area contributed by atoms with Gasteiger partial charge >= 0.3 is 0 Å². The maximum absolute atomic E-state index is 5.46. The third kappa shape index (κ3) is 4.59. The van der Waals surface area contributed by atoms with Crippen molar-refractivity contribution in [2.75, 3.05) is 6.61 Å². The maximum atomic E-state index is 5.46. The van der Waals surface area contributed by atoms with Gasteiger partial charge in [-0.25, -0.2) is 0 Å². The highest BCUT2D eigenvalue weighted by Gasteiger charge is 2.22. The molecule has 0 heterocycles. The van der Waals surface area contributed by atoms with Crippen molar-refractivity contribution in [3.05, 3.63) is 65.2 Å². The van der Waals surface area contributed by atoms with E-state index in [1.54, 1.807) is 0 Å². The van der Waals surface area contributed by atoms with Gasteiger partial charge in [0.1, 0.15) is 0 Å². The molecule has 1 fully saturated rings. The predicted octanol–water partition coefficient (Wildman–Crippen LogP) is 5.59. The second kappa shape index (κ2) is 7.65. The van der Waals surface area contributed by atoms with Gasteiger partial charge in [-0.15, -0.1) is 0 Å². The summed E-state index contributed by atoms with van der Waals surface area (Å²) in [6.45, 7) is 4.90. The fourth-order valence-electron chi connectivity index (χ4n) is 3.29. The molecule has 0 N–H and O–H groups in total. The summed E-state index contributed by atoms with van der Waals surface area (Å²) in [6.07, 6.45) is 4.94. The van der Waals surface area contributed by atoms with Gasteiger partial charge in [0.2, 0.25) is 0 Å². The monoisotopic (exact) mass is 310 g/mol. The molecule has 1 saturated carbocycles. The Morgan fingerprint density at radius 2 is 1.35 bits per heavy atom. The van der Waals surface area contributed by atoms with Gasteiger partial charge in [-0.2, -0.15) is 4.89 Å². The number of aryl methyl sites for hydroxylation is 2. The minimum atomic E-state index is 0.613. The van der Waals surface area contributed by atoms with Crippen molar-refractivity contribution >= 4 is 0 Å². The summed E-state index contributed by atoms with van der Waals surface area (Å²) in [5.74, 6) is 2.11. The molecule has 2 aromatic carbocycles. The molecule has 0 unspecified atom stereocenters. The van der Waals surface area contributed by atoms with Gasteiger partial charge in [-0.05, 0) is 69.1 Å². The Bertz CT molecular complexity index is 590. The Labute approximate surface area is 139 Å². The molecule has 0 atom stereocenters. The van der Waals surface area contributed by atoms with Crippen molar-refractivity contribution in [2.45, 2.75) is 45.4 Å². The van der Waals surface area contributed by atoms with Gasteiger partial charge in [0.25, 0.3) is 0 Å². The topological polar surface area (TPSA) is 18.5 Å². The van der Waals surface area contributed by atoms with Crippen LogP contribution < -0.4 is 4.89 Å². The van der Waals surface area contributed by atoms with Crippen LogP contribution in [-0.4, -0.2) is 6.61 Å². The molecule has 0 amide bonds. The standard InChI is InChI=1S/C21H26O2/c1-16-3-9-19(10-4-16)20-11-7-18(8-12-20)15-22-23-21-13-5-17(2)6-14-21/h3-6,9-10,13-14,18,20H,7-8,11-12,15H2,1-2H3. The highest BCUT2D eigenvalue weighted by atomic mass is 17.2. The van der Waals surface area contributed by atoms with Crippen LogP contribution in [0.3, 0.4) is 0 Å². The normalized spacial score (nSPS) is 21.1. The summed E-state index contributed by atoms with van der Waals surface area (Å²) < 4.78 is 0. The summed E-state index contributed by atoms with van der Waals surface area (Å²) in [4.78, 5) is 10.8. The second-order valence-electron chi connectivity index (χ2n) is 6.81. The number of benzene rings is 2. The zero-order chi connectivity index (χ0) is 16.1. The van der Waals surface area contributed by atoms with Crippen LogP contribution in [0.15, 0.2) is 48.5 Å². The first-order chi connectivity index (χ1) is 11.2. The lowest BCUT2D eigenvalue weighted by molar-refractivity contribution is -0.218. The van der Waals surface area contributed by atoms with E-state index < -0.39 is 0 Å². The SMILES string of the molecule is Cc1ccc(OOCC2CCC(c3ccc(C)cc3)CC2)cc1. The smallest absolute Gasteiger partial charge is 0.165 e. The number of hydrogen-bond donors (Lipinski definition) is 0. The molecule has 0 aliphatic heterocycles. The Kier molecular flexibility index (Phi) is 5.35. The molecule has 2 aromatic rings. The molecule has 1 aliphatic rings. The van der Waals surface area contributed by atoms with E-state index in [0.29, 0.717) is 18.4 Å². The van der Waals surface area contributed by atoms with Crippen LogP contribution in [0.25, 0.3) is 0 Å². The molecule has 23 heavy (non-hydrogen) atoms. The van der Waals surface area contributed by atoms with Crippen molar-refractivity contribution in [3.8, 4) is 5.75 Å². The first-order valence-electron chi connectivity index (χ1n) is 8.63. The summed E-state index contributed by atoms with van der Waals surface area (Å²) in [6, 6.07) is 17.0. The van der Waals surface area contributed by atoms with Crippen molar-refractivity contribution < 1.29 is 9.78 Å². The molecule has 2 heteroatoms. The first kappa shape index (κ1) is 16.1. The molecule has 0 spiro atoms. The molecular weight excluding hydrogens is 284 g/mol. The third-order valence-corrected chi connectivity index (χ3v) is 4.88. The lowest BCUT2D eigenvalue weighted by Gasteiger charge is -2.28. The van der Waals surface area contributed by atoms with E-state index in [2.05, 4.69) is 38.1 Å². The van der Waals surface area contributed by atoms with Crippen molar-refractivity contribution in [1.29, 1.82) is 0 Å². The van der Waals surface area contributed by atoms with Crippen LogP contribution in [0.5, 0.6) is 5.75 Å². The van der Waals surface area contributed by atoms with Crippen molar-refractivity contribution in [3.63, 3.8) is 0 Å². The van der Waals surface area contributed by atoms with Crippen LogP contribution in [0, 0.1) is 19.8 Å². The minimum Gasteiger partial charge on any atom is -0.338 e. The zero-order valence-corrected chi connectivity index (χ0v) is 14.1. The molecule has 0 bridgehead atoms. The maximum Gasteiger partial charge on any atom is 0.165 e. The summed E-state index contributed by atoms with van der Waals surface area (Å²) in [5, 5.41) is 0. The largest absolute Gasteiger partial charge is 0.338 e. The first-order valence-corrected chi connectivity index (χ1v) is 8.63. The van der Waals surface area contributed by atoms with E-state index in [4.69, 9.17) is 9.78 Å². The molecule has 0 saturated heterocycles. The van der Waals surface area contributed by atoms with E-state index in [-0.39, 0.29) is 0 Å². The lowest BCUT2D eigenvalue weighted by Crippen LogP contribution is -2.18. The average molecular weight is 310 g/mol. The van der Waals surface area contributed by atoms with Crippen LogP contribution >= 0.6 is 0 Å². The van der Waals surface area contributed by atoms with Crippen LogP contribution in [0.2, 0.25) is 0 Å². The molecule has 2 nitrogen and oxygen atoms in total. The van der Waals surface area contributed by atoms with Crippen molar-refractivity contribution in [2.24, 2.45) is 5.92 Å². The Hall–Kier alpha value is -1.80. The third-order valence-electron chi connectivity index (χ3n) is 4.88. The number of hydrogen-bond acceptors (Lipinski definition) is 2. The fraction of sp³-hybridized carbons (Fsp3) is 0.429. The number of rotatable bonds is 5.